The molecule has 0 atom stereocenters. The Kier molecular flexibility index (Phi) is 5.92. The maximum absolute atomic E-state index is 12.8. The molecule has 0 heterocycles. The predicted octanol–water partition coefficient (Wildman–Crippen LogP) is 5.84. The molecule has 0 saturated heterocycles. The van der Waals surface area contributed by atoms with Gasteiger partial charge in [0.1, 0.15) is 11.5 Å². The van der Waals surface area contributed by atoms with Crippen molar-refractivity contribution in [3.05, 3.63) is 89.0 Å². The smallest absolute Gasteiger partial charge is 0.417 e. The molecule has 5 nitrogen and oxygen atoms in total. The molecule has 0 spiro atoms. The van der Waals surface area contributed by atoms with Crippen LogP contribution in [0.15, 0.2) is 66.7 Å². The quantitative estimate of drug-likeness (QED) is 0.537. The van der Waals surface area contributed by atoms with E-state index in [1.54, 1.807) is 48.5 Å². The van der Waals surface area contributed by atoms with E-state index in [1.807, 2.05) is 19.1 Å². The Hall–Kier alpha value is -3.60. The highest BCUT2D eigenvalue weighted by molar-refractivity contribution is 6.11. The molecule has 0 unspecified atom stereocenters. The zero-order valence-electron chi connectivity index (χ0n) is 17.5. The fourth-order valence-electron chi connectivity index (χ4n) is 3.00. The lowest BCUT2D eigenvalue weighted by molar-refractivity contribution is 0.103. The third kappa shape index (κ3) is 5.06. The number of phenolic OH excluding ortho intramolecular Hbond substituents is 1. The van der Waals surface area contributed by atoms with Crippen LogP contribution < -0.4 is 10.1 Å². The van der Waals surface area contributed by atoms with E-state index in [4.69, 9.17) is 4.74 Å². The summed E-state index contributed by atoms with van der Waals surface area (Å²) in [6.07, 6.45) is -0.651. The summed E-state index contributed by atoms with van der Waals surface area (Å²) in [5.41, 5.74) is 3.01. The number of ether oxygens (including phenoxy) is 1. The summed E-state index contributed by atoms with van der Waals surface area (Å²) >= 11 is 0. The first-order valence-corrected chi connectivity index (χ1v) is 9.67. The number of hydrogen-bond donors (Lipinski definition) is 2. The standard InChI is InChI=1S/C25H25NO4/c1-16-8-13-22(27)21(14-16)23(28)17-6-5-7-19(15-17)26-24(29)30-20-11-9-18(10-12-20)25(2,3)4/h5-15,27H,1-4H3,(H,26,29). The minimum absolute atomic E-state index is 0.0134. The van der Waals surface area contributed by atoms with Gasteiger partial charge in [0.15, 0.2) is 5.78 Å². The minimum Gasteiger partial charge on any atom is -0.507 e. The van der Waals surface area contributed by atoms with Crippen LogP contribution in [0.3, 0.4) is 0 Å². The van der Waals surface area contributed by atoms with E-state index in [9.17, 15) is 14.7 Å². The van der Waals surface area contributed by atoms with E-state index in [-0.39, 0.29) is 22.5 Å². The summed E-state index contributed by atoms with van der Waals surface area (Å²) in [6, 6.07) is 18.7. The number of nitrogens with one attached hydrogen (secondary N) is 1. The molecular formula is C25H25NO4. The second-order valence-electron chi connectivity index (χ2n) is 8.22. The van der Waals surface area contributed by atoms with Gasteiger partial charge in [0.05, 0.1) is 5.56 Å². The predicted molar refractivity (Wildman–Crippen MR) is 118 cm³/mol. The summed E-state index contributed by atoms with van der Waals surface area (Å²) in [6.45, 7) is 8.18. The molecule has 0 radical (unpaired) electrons. The fourth-order valence-corrected chi connectivity index (χ4v) is 3.00. The van der Waals surface area contributed by atoms with Crippen molar-refractivity contribution in [3.8, 4) is 11.5 Å². The van der Waals surface area contributed by atoms with Gasteiger partial charge in [0, 0.05) is 11.3 Å². The van der Waals surface area contributed by atoms with Crippen LogP contribution in [0.25, 0.3) is 0 Å². The highest BCUT2D eigenvalue weighted by Crippen LogP contribution is 2.25. The molecule has 0 bridgehead atoms. The molecule has 0 aliphatic carbocycles. The van der Waals surface area contributed by atoms with Crippen molar-refractivity contribution < 1.29 is 19.4 Å². The number of benzene rings is 3. The number of ketones is 1. The Labute approximate surface area is 176 Å². The van der Waals surface area contributed by atoms with Gasteiger partial charge in [-0.15, -0.1) is 0 Å². The molecule has 3 rings (SSSR count). The van der Waals surface area contributed by atoms with E-state index in [0.29, 0.717) is 17.0 Å². The van der Waals surface area contributed by atoms with Gasteiger partial charge in [-0.3, -0.25) is 10.1 Å². The van der Waals surface area contributed by atoms with Crippen LogP contribution in [0.5, 0.6) is 11.5 Å². The zero-order chi connectivity index (χ0) is 21.9. The Morgan fingerprint density at radius 1 is 0.933 bits per heavy atom. The number of aryl methyl sites for hydroxylation is 1. The SMILES string of the molecule is Cc1ccc(O)c(C(=O)c2cccc(NC(=O)Oc3ccc(C(C)(C)C)cc3)c2)c1. The highest BCUT2D eigenvalue weighted by Gasteiger charge is 2.16. The summed E-state index contributed by atoms with van der Waals surface area (Å²) in [5, 5.41) is 12.6. The minimum atomic E-state index is -0.651. The molecule has 0 saturated carbocycles. The average molecular weight is 403 g/mol. The Bertz CT molecular complexity index is 1080. The molecule has 3 aromatic rings. The van der Waals surface area contributed by atoms with Gasteiger partial charge in [-0.1, -0.05) is 56.7 Å². The lowest BCUT2D eigenvalue weighted by Gasteiger charge is -2.19. The molecule has 154 valence electrons. The van der Waals surface area contributed by atoms with E-state index in [2.05, 4.69) is 26.1 Å². The number of hydrogen-bond acceptors (Lipinski definition) is 4. The van der Waals surface area contributed by atoms with Gasteiger partial charge in [-0.25, -0.2) is 4.79 Å². The van der Waals surface area contributed by atoms with Crippen LogP contribution in [0.2, 0.25) is 0 Å². The first kappa shape index (κ1) is 21.1. The lowest BCUT2D eigenvalue weighted by Crippen LogP contribution is -2.17. The first-order chi connectivity index (χ1) is 14.1. The lowest BCUT2D eigenvalue weighted by atomic mass is 9.87. The molecule has 0 aliphatic rings. The normalized spacial score (nSPS) is 11.1. The zero-order valence-corrected chi connectivity index (χ0v) is 17.5. The first-order valence-electron chi connectivity index (χ1n) is 9.67. The van der Waals surface area contributed by atoms with Crippen molar-refractivity contribution in [2.45, 2.75) is 33.1 Å². The Balaban J connectivity index is 1.71. The summed E-state index contributed by atoms with van der Waals surface area (Å²) in [5.74, 6) is 0.0190. The van der Waals surface area contributed by atoms with Crippen molar-refractivity contribution in [1.29, 1.82) is 0 Å². The van der Waals surface area contributed by atoms with Crippen LogP contribution in [0.4, 0.5) is 10.5 Å². The second-order valence-corrected chi connectivity index (χ2v) is 8.22. The molecule has 0 aliphatic heterocycles. The highest BCUT2D eigenvalue weighted by atomic mass is 16.6. The van der Waals surface area contributed by atoms with Gasteiger partial charge >= 0.3 is 6.09 Å². The number of carbonyl (C=O) groups is 2. The van der Waals surface area contributed by atoms with Gasteiger partial charge in [-0.2, -0.15) is 0 Å². The van der Waals surface area contributed by atoms with Crippen molar-refractivity contribution >= 4 is 17.6 Å². The van der Waals surface area contributed by atoms with Crippen LogP contribution in [-0.2, 0) is 5.41 Å². The summed E-state index contributed by atoms with van der Waals surface area (Å²) in [4.78, 5) is 25.0. The maximum Gasteiger partial charge on any atom is 0.417 e. The van der Waals surface area contributed by atoms with Gasteiger partial charge in [-0.05, 0) is 54.3 Å². The Morgan fingerprint density at radius 2 is 1.63 bits per heavy atom. The monoisotopic (exact) mass is 403 g/mol. The van der Waals surface area contributed by atoms with Crippen LogP contribution in [0, 0.1) is 6.92 Å². The summed E-state index contributed by atoms with van der Waals surface area (Å²) < 4.78 is 5.33. The molecule has 5 heteroatoms. The molecule has 0 aromatic heterocycles. The van der Waals surface area contributed by atoms with Gasteiger partial charge < -0.3 is 9.84 Å². The number of anilines is 1. The third-order valence-electron chi connectivity index (χ3n) is 4.70. The number of carbonyl (C=O) groups excluding carboxylic acids is 2. The largest absolute Gasteiger partial charge is 0.507 e. The number of rotatable bonds is 4. The van der Waals surface area contributed by atoms with E-state index in [1.165, 1.54) is 6.07 Å². The molecular weight excluding hydrogens is 378 g/mol. The van der Waals surface area contributed by atoms with Gasteiger partial charge in [0.2, 0.25) is 0 Å². The molecule has 2 N–H and O–H groups in total. The van der Waals surface area contributed by atoms with Crippen LogP contribution in [0.1, 0.15) is 47.8 Å². The molecule has 0 fully saturated rings. The molecule has 1 amide bonds. The average Bonchev–Trinajstić information content (AvgIpc) is 2.69. The molecule has 3 aromatic carbocycles. The number of aromatic hydroxyl groups is 1. The number of amides is 1. The molecule has 30 heavy (non-hydrogen) atoms. The van der Waals surface area contributed by atoms with Crippen LogP contribution in [-0.4, -0.2) is 17.0 Å². The van der Waals surface area contributed by atoms with Crippen molar-refractivity contribution in [1.82, 2.24) is 0 Å². The second kappa shape index (κ2) is 8.41. The topological polar surface area (TPSA) is 75.6 Å². The van der Waals surface area contributed by atoms with Crippen molar-refractivity contribution in [2.24, 2.45) is 0 Å². The van der Waals surface area contributed by atoms with E-state index < -0.39 is 6.09 Å². The van der Waals surface area contributed by atoms with Gasteiger partial charge in [0.25, 0.3) is 0 Å². The van der Waals surface area contributed by atoms with E-state index in [0.717, 1.165) is 11.1 Å². The van der Waals surface area contributed by atoms with Crippen molar-refractivity contribution in [2.75, 3.05) is 5.32 Å². The fraction of sp³-hybridized carbons (Fsp3) is 0.200. The van der Waals surface area contributed by atoms with E-state index >= 15 is 0 Å². The number of phenols is 1. The van der Waals surface area contributed by atoms with Crippen molar-refractivity contribution in [3.63, 3.8) is 0 Å². The van der Waals surface area contributed by atoms with Crippen LogP contribution >= 0.6 is 0 Å². The maximum atomic E-state index is 12.8. The summed E-state index contributed by atoms with van der Waals surface area (Å²) in [7, 11) is 0. The Morgan fingerprint density at radius 3 is 2.30 bits per heavy atom. The third-order valence-corrected chi connectivity index (χ3v) is 4.70.